The number of rotatable bonds is 2. The summed E-state index contributed by atoms with van der Waals surface area (Å²) in [7, 11) is 1.62. The average molecular weight is 368 g/mol. The van der Waals surface area contributed by atoms with Gasteiger partial charge in [-0.1, -0.05) is 23.7 Å². The lowest BCUT2D eigenvalue weighted by Gasteiger charge is -2.26. The van der Waals surface area contributed by atoms with E-state index in [0.29, 0.717) is 27.2 Å². The molecule has 0 aliphatic carbocycles. The molecule has 1 aliphatic heterocycles. The Morgan fingerprint density at radius 3 is 2.67 bits per heavy atom. The first-order chi connectivity index (χ1) is 10.1. The molecule has 0 saturated heterocycles. The third-order valence-corrected chi connectivity index (χ3v) is 4.23. The second-order valence-corrected chi connectivity index (χ2v) is 6.06. The van der Waals surface area contributed by atoms with E-state index in [4.69, 9.17) is 21.1 Å². The van der Waals surface area contributed by atoms with Crippen LogP contribution in [0.25, 0.3) is 0 Å². The molecule has 0 N–H and O–H groups in total. The van der Waals surface area contributed by atoms with Gasteiger partial charge in [0.25, 0.3) is 0 Å². The van der Waals surface area contributed by atoms with E-state index >= 15 is 0 Å². The van der Waals surface area contributed by atoms with E-state index in [2.05, 4.69) is 15.9 Å². The molecule has 0 aromatic heterocycles. The van der Waals surface area contributed by atoms with Gasteiger partial charge in [-0.3, -0.25) is 4.79 Å². The van der Waals surface area contributed by atoms with Crippen molar-refractivity contribution in [2.45, 2.75) is 12.5 Å². The van der Waals surface area contributed by atoms with Gasteiger partial charge in [-0.25, -0.2) is 0 Å². The van der Waals surface area contributed by atoms with Gasteiger partial charge in [-0.15, -0.1) is 0 Å². The zero-order valence-corrected chi connectivity index (χ0v) is 13.6. The minimum absolute atomic E-state index is 0.0280. The molecule has 1 heterocycles. The number of methoxy groups -OCH3 is 1. The van der Waals surface area contributed by atoms with Crippen LogP contribution in [0.4, 0.5) is 0 Å². The Morgan fingerprint density at radius 1 is 1.29 bits per heavy atom. The van der Waals surface area contributed by atoms with Crippen LogP contribution in [0.15, 0.2) is 40.9 Å². The highest BCUT2D eigenvalue weighted by atomic mass is 79.9. The molecular formula is C16H12BrClO3. The number of benzene rings is 2. The molecule has 1 unspecified atom stereocenters. The lowest BCUT2D eigenvalue weighted by Crippen LogP contribution is -2.20. The largest absolute Gasteiger partial charge is 0.497 e. The van der Waals surface area contributed by atoms with E-state index in [1.165, 1.54) is 0 Å². The molecule has 1 aliphatic rings. The van der Waals surface area contributed by atoms with Gasteiger partial charge in [0.05, 0.1) is 23.6 Å². The highest BCUT2D eigenvalue weighted by molar-refractivity contribution is 9.10. The van der Waals surface area contributed by atoms with Gasteiger partial charge in [0.1, 0.15) is 17.6 Å². The molecule has 108 valence electrons. The molecule has 3 nitrogen and oxygen atoms in total. The summed E-state index contributed by atoms with van der Waals surface area (Å²) in [5.41, 5.74) is 1.47. The van der Waals surface area contributed by atoms with Crippen LogP contribution in [-0.4, -0.2) is 12.9 Å². The van der Waals surface area contributed by atoms with Crippen LogP contribution in [0.5, 0.6) is 11.5 Å². The normalized spacial score (nSPS) is 17.1. The van der Waals surface area contributed by atoms with Gasteiger partial charge in [-0.2, -0.15) is 0 Å². The lowest BCUT2D eigenvalue weighted by molar-refractivity contribution is 0.0848. The van der Waals surface area contributed by atoms with Gasteiger partial charge in [0, 0.05) is 5.02 Å². The fourth-order valence-corrected chi connectivity index (χ4v) is 3.26. The third-order valence-electron chi connectivity index (χ3n) is 3.43. The Balaban J connectivity index is 1.95. The van der Waals surface area contributed by atoms with Crippen molar-refractivity contribution in [3.63, 3.8) is 0 Å². The molecule has 0 amide bonds. The topological polar surface area (TPSA) is 35.5 Å². The minimum atomic E-state index is -0.298. The van der Waals surface area contributed by atoms with Gasteiger partial charge >= 0.3 is 0 Å². The van der Waals surface area contributed by atoms with Crippen LogP contribution in [-0.2, 0) is 0 Å². The first-order valence-corrected chi connectivity index (χ1v) is 7.58. The summed E-state index contributed by atoms with van der Waals surface area (Å²) in [6.45, 7) is 0. The molecular weight excluding hydrogens is 356 g/mol. The van der Waals surface area contributed by atoms with Crippen molar-refractivity contribution in [3.05, 3.63) is 57.0 Å². The average Bonchev–Trinajstić information content (AvgIpc) is 2.48. The number of Topliss-reactive ketones (excluding diaryl/α,β-unsaturated/α-hetero) is 1. The van der Waals surface area contributed by atoms with E-state index in [0.717, 1.165) is 11.3 Å². The summed E-state index contributed by atoms with van der Waals surface area (Å²) < 4.78 is 11.8. The zero-order valence-electron chi connectivity index (χ0n) is 11.2. The fourth-order valence-electron chi connectivity index (χ4n) is 2.35. The van der Waals surface area contributed by atoms with Gasteiger partial charge in [0.15, 0.2) is 5.78 Å². The number of hydrogen-bond donors (Lipinski definition) is 0. The van der Waals surface area contributed by atoms with Gasteiger partial charge in [0.2, 0.25) is 0 Å². The summed E-state index contributed by atoms with van der Waals surface area (Å²) >= 11 is 9.38. The van der Waals surface area contributed by atoms with Crippen LogP contribution in [0, 0.1) is 0 Å². The predicted octanol–water partition coefficient (Wildman–Crippen LogP) is 4.82. The maximum Gasteiger partial charge on any atom is 0.170 e. The number of ether oxygens (including phenoxy) is 2. The van der Waals surface area contributed by atoms with Crippen molar-refractivity contribution in [3.8, 4) is 11.5 Å². The van der Waals surface area contributed by atoms with Gasteiger partial charge < -0.3 is 9.47 Å². The van der Waals surface area contributed by atoms with E-state index in [1.54, 1.807) is 19.2 Å². The number of carbonyl (C=O) groups excluding carboxylic acids is 1. The first kappa shape index (κ1) is 14.4. The Morgan fingerprint density at radius 2 is 2.00 bits per heavy atom. The maximum absolute atomic E-state index is 12.3. The lowest BCUT2D eigenvalue weighted by atomic mass is 9.96. The molecule has 0 radical (unpaired) electrons. The SMILES string of the molecule is COc1ccc(C2CC(=O)c3cc(Cl)cc(Br)c3O2)cc1. The second kappa shape index (κ2) is 5.70. The highest BCUT2D eigenvalue weighted by Crippen LogP contribution is 2.41. The Kier molecular flexibility index (Phi) is 3.91. The molecule has 0 spiro atoms. The predicted molar refractivity (Wildman–Crippen MR) is 84.5 cm³/mol. The molecule has 21 heavy (non-hydrogen) atoms. The van der Waals surface area contributed by atoms with Crippen molar-refractivity contribution in [2.75, 3.05) is 7.11 Å². The number of carbonyl (C=O) groups is 1. The molecule has 2 aromatic carbocycles. The summed E-state index contributed by atoms with van der Waals surface area (Å²) in [4.78, 5) is 12.3. The molecule has 1 atom stereocenters. The van der Waals surface area contributed by atoms with Crippen molar-refractivity contribution in [2.24, 2.45) is 0 Å². The highest BCUT2D eigenvalue weighted by Gasteiger charge is 2.29. The minimum Gasteiger partial charge on any atom is -0.497 e. The second-order valence-electron chi connectivity index (χ2n) is 4.77. The summed E-state index contributed by atoms with van der Waals surface area (Å²) in [5.74, 6) is 1.35. The van der Waals surface area contributed by atoms with Crippen LogP contribution < -0.4 is 9.47 Å². The van der Waals surface area contributed by atoms with E-state index in [1.807, 2.05) is 24.3 Å². The van der Waals surface area contributed by atoms with E-state index in [9.17, 15) is 4.79 Å². The number of hydrogen-bond acceptors (Lipinski definition) is 3. The number of halogens is 2. The first-order valence-electron chi connectivity index (χ1n) is 6.41. The van der Waals surface area contributed by atoms with Crippen molar-refractivity contribution < 1.29 is 14.3 Å². The number of ketones is 1. The van der Waals surface area contributed by atoms with Crippen LogP contribution >= 0.6 is 27.5 Å². The Bertz CT molecular complexity index is 697. The van der Waals surface area contributed by atoms with Crippen LogP contribution in [0.3, 0.4) is 0 Å². The zero-order chi connectivity index (χ0) is 15.0. The monoisotopic (exact) mass is 366 g/mol. The molecule has 0 fully saturated rings. The van der Waals surface area contributed by atoms with Crippen LogP contribution in [0.2, 0.25) is 5.02 Å². The van der Waals surface area contributed by atoms with Gasteiger partial charge in [-0.05, 0) is 45.8 Å². The fraction of sp³-hybridized carbons (Fsp3) is 0.188. The summed E-state index contributed by atoms with van der Waals surface area (Å²) in [6.07, 6.45) is -0.0000656. The van der Waals surface area contributed by atoms with Crippen molar-refractivity contribution in [1.82, 2.24) is 0 Å². The molecule has 0 saturated carbocycles. The van der Waals surface area contributed by atoms with E-state index < -0.39 is 0 Å². The molecule has 2 aromatic rings. The molecule has 3 rings (SSSR count). The molecule has 5 heteroatoms. The Hall–Kier alpha value is -1.52. The van der Waals surface area contributed by atoms with E-state index in [-0.39, 0.29) is 11.9 Å². The number of fused-ring (bicyclic) bond motifs is 1. The smallest absolute Gasteiger partial charge is 0.170 e. The summed E-state index contributed by atoms with van der Waals surface area (Å²) in [6, 6.07) is 10.9. The standard InChI is InChI=1S/C16H12BrClO3/c1-20-11-4-2-9(3-5-11)15-8-14(19)12-6-10(18)7-13(17)16(12)21-15/h2-7,15H,8H2,1H3. The Labute approximate surface area is 136 Å². The van der Waals surface area contributed by atoms with Crippen LogP contribution in [0.1, 0.15) is 28.4 Å². The quantitative estimate of drug-likeness (QED) is 0.763. The third kappa shape index (κ3) is 2.78. The summed E-state index contributed by atoms with van der Waals surface area (Å²) in [5, 5.41) is 0.514. The maximum atomic E-state index is 12.3. The van der Waals surface area contributed by atoms with Crippen molar-refractivity contribution in [1.29, 1.82) is 0 Å². The van der Waals surface area contributed by atoms with Crippen molar-refractivity contribution >= 4 is 33.3 Å². The molecule has 0 bridgehead atoms.